The van der Waals surface area contributed by atoms with Gasteiger partial charge in [-0.2, -0.15) is 0 Å². The summed E-state index contributed by atoms with van der Waals surface area (Å²) in [5, 5.41) is 0. The van der Waals surface area contributed by atoms with Crippen LogP contribution in [0.5, 0.6) is 0 Å². The number of hydrogen-bond donors (Lipinski definition) is 0. The minimum absolute atomic E-state index is 0.564. The number of furan rings is 1. The van der Waals surface area contributed by atoms with Crippen molar-refractivity contribution < 1.29 is 4.42 Å². The van der Waals surface area contributed by atoms with Crippen LogP contribution in [0, 0.1) is 6.92 Å². The second-order valence-electron chi connectivity index (χ2n) is 2.76. The van der Waals surface area contributed by atoms with E-state index in [-0.39, 0.29) is 0 Å². The van der Waals surface area contributed by atoms with Crippen molar-refractivity contribution in [2.24, 2.45) is 0 Å². The van der Waals surface area contributed by atoms with E-state index in [1.54, 1.807) is 0 Å². The Morgan fingerprint density at radius 1 is 1.33 bits per heavy atom. The van der Waals surface area contributed by atoms with Crippen molar-refractivity contribution in [2.75, 3.05) is 0 Å². The van der Waals surface area contributed by atoms with Gasteiger partial charge in [0.25, 0.3) is 0 Å². The van der Waals surface area contributed by atoms with E-state index in [2.05, 4.69) is 19.9 Å². The van der Waals surface area contributed by atoms with Gasteiger partial charge in [0.2, 0.25) is 0 Å². The van der Waals surface area contributed by atoms with Gasteiger partial charge >= 0.3 is 0 Å². The molecule has 0 bridgehead atoms. The van der Waals surface area contributed by atoms with E-state index < -0.39 is 0 Å². The topological polar surface area (TPSA) is 13.1 Å². The molecule has 1 heterocycles. The summed E-state index contributed by atoms with van der Waals surface area (Å²) in [5.74, 6) is 2.68. The van der Waals surface area contributed by atoms with E-state index in [4.69, 9.17) is 4.42 Å². The van der Waals surface area contributed by atoms with Crippen LogP contribution < -0.4 is 0 Å². The molecule has 0 aromatic carbocycles. The lowest BCUT2D eigenvalue weighted by atomic mass is 10.1. The van der Waals surface area contributed by atoms with Gasteiger partial charge in [0.1, 0.15) is 11.5 Å². The zero-order valence-corrected chi connectivity index (χ0v) is 8.85. The minimum atomic E-state index is 0.564. The van der Waals surface area contributed by atoms with E-state index >= 15 is 0 Å². The van der Waals surface area contributed by atoms with E-state index in [0.717, 1.165) is 17.9 Å². The first-order valence-corrected chi connectivity index (χ1v) is 4.80. The van der Waals surface area contributed by atoms with Gasteiger partial charge in [-0.05, 0) is 25.5 Å². The summed E-state index contributed by atoms with van der Waals surface area (Å²) in [4.78, 5) is 0. The SMILES string of the molecule is CC.CC[C@@H](C)c1ccc(C)o1. The van der Waals surface area contributed by atoms with Gasteiger partial charge in [0.05, 0.1) is 0 Å². The van der Waals surface area contributed by atoms with E-state index in [1.807, 2.05) is 26.8 Å². The molecule has 70 valence electrons. The summed E-state index contributed by atoms with van der Waals surface area (Å²) in [6.45, 7) is 10.3. The van der Waals surface area contributed by atoms with Crippen molar-refractivity contribution in [1.29, 1.82) is 0 Å². The van der Waals surface area contributed by atoms with E-state index in [1.165, 1.54) is 0 Å². The zero-order chi connectivity index (χ0) is 9.56. The van der Waals surface area contributed by atoms with E-state index in [9.17, 15) is 0 Å². The van der Waals surface area contributed by atoms with Gasteiger partial charge in [-0.1, -0.05) is 27.7 Å². The Kier molecular flexibility index (Phi) is 5.52. The summed E-state index contributed by atoms with van der Waals surface area (Å²) in [6, 6.07) is 4.07. The Hall–Kier alpha value is -0.720. The molecule has 0 saturated carbocycles. The lowest BCUT2D eigenvalue weighted by molar-refractivity contribution is 0.449. The molecule has 0 unspecified atom stereocenters. The molecule has 1 atom stereocenters. The normalized spacial score (nSPS) is 11.8. The average Bonchev–Trinajstić information content (AvgIpc) is 2.54. The largest absolute Gasteiger partial charge is 0.466 e. The number of aryl methyl sites for hydroxylation is 1. The Morgan fingerprint density at radius 2 is 1.92 bits per heavy atom. The Bertz CT molecular complexity index is 201. The molecule has 1 nitrogen and oxygen atoms in total. The van der Waals surface area contributed by atoms with Gasteiger partial charge in [-0.25, -0.2) is 0 Å². The maximum atomic E-state index is 5.44. The van der Waals surface area contributed by atoms with E-state index in [0.29, 0.717) is 5.92 Å². The Labute approximate surface area is 75.8 Å². The highest BCUT2D eigenvalue weighted by atomic mass is 16.3. The van der Waals surface area contributed by atoms with Crippen LogP contribution >= 0.6 is 0 Å². The van der Waals surface area contributed by atoms with Crippen molar-refractivity contribution in [1.82, 2.24) is 0 Å². The van der Waals surface area contributed by atoms with Crippen LogP contribution in [0.15, 0.2) is 16.5 Å². The van der Waals surface area contributed by atoms with Gasteiger partial charge in [-0.3, -0.25) is 0 Å². The van der Waals surface area contributed by atoms with Gasteiger partial charge < -0.3 is 4.42 Å². The summed E-state index contributed by atoms with van der Waals surface area (Å²) in [6.07, 6.45) is 1.15. The predicted molar refractivity (Wildman–Crippen MR) is 53.5 cm³/mol. The number of hydrogen-bond acceptors (Lipinski definition) is 1. The summed E-state index contributed by atoms with van der Waals surface area (Å²) < 4.78 is 5.44. The first-order valence-electron chi connectivity index (χ1n) is 4.80. The maximum Gasteiger partial charge on any atom is 0.106 e. The summed E-state index contributed by atoms with van der Waals surface area (Å²) >= 11 is 0. The van der Waals surface area contributed by atoms with Crippen molar-refractivity contribution in [3.05, 3.63) is 23.7 Å². The molecular formula is C11H20O. The highest BCUT2D eigenvalue weighted by Crippen LogP contribution is 2.20. The third-order valence-electron chi connectivity index (χ3n) is 1.86. The van der Waals surface area contributed by atoms with Crippen molar-refractivity contribution in [3.8, 4) is 0 Å². The molecule has 0 aliphatic rings. The van der Waals surface area contributed by atoms with Crippen LogP contribution in [0.1, 0.15) is 51.6 Å². The summed E-state index contributed by atoms with van der Waals surface area (Å²) in [5.41, 5.74) is 0. The minimum Gasteiger partial charge on any atom is -0.466 e. The first-order chi connectivity index (χ1) is 5.74. The molecule has 0 aliphatic carbocycles. The van der Waals surface area contributed by atoms with Crippen LogP contribution in [0.4, 0.5) is 0 Å². The molecule has 0 radical (unpaired) electrons. The molecule has 0 aliphatic heterocycles. The van der Waals surface area contributed by atoms with Gasteiger partial charge in [0, 0.05) is 5.92 Å². The fraction of sp³-hybridized carbons (Fsp3) is 0.636. The Balaban J connectivity index is 0.000000561. The molecular weight excluding hydrogens is 148 g/mol. The zero-order valence-electron chi connectivity index (χ0n) is 8.85. The van der Waals surface area contributed by atoms with Gasteiger partial charge in [0.15, 0.2) is 0 Å². The summed E-state index contributed by atoms with van der Waals surface area (Å²) in [7, 11) is 0. The third kappa shape index (κ3) is 3.12. The molecule has 1 aromatic rings. The fourth-order valence-electron chi connectivity index (χ4n) is 0.919. The molecule has 0 amide bonds. The number of rotatable bonds is 2. The van der Waals surface area contributed by atoms with Crippen LogP contribution in [0.25, 0.3) is 0 Å². The van der Waals surface area contributed by atoms with Crippen LogP contribution in [-0.4, -0.2) is 0 Å². The van der Waals surface area contributed by atoms with Crippen LogP contribution in [0.2, 0.25) is 0 Å². The second kappa shape index (κ2) is 5.87. The van der Waals surface area contributed by atoms with Gasteiger partial charge in [-0.15, -0.1) is 0 Å². The molecule has 1 rings (SSSR count). The van der Waals surface area contributed by atoms with Crippen molar-refractivity contribution in [3.63, 3.8) is 0 Å². The molecule has 1 aromatic heterocycles. The molecule has 0 spiro atoms. The highest BCUT2D eigenvalue weighted by Gasteiger charge is 2.05. The smallest absolute Gasteiger partial charge is 0.106 e. The molecule has 0 N–H and O–H groups in total. The standard InChI is InChI=1S/C9H14O.C2H6/c1-4-7(2)9-6-5-8(3)10-9;1-2/h5-7H,4H2,1-3H3;1-2H3/t7-;/m1./s1. The monoisotopic (exact) mass is 168 g/mol. The molecule has 0 saturated heterocycles. The lowest BCUT2D eigenvalue weighted by Gasteiger charge is -2.01. The fourth-order valence-corrected chi connectivity index (χ4v) is 0.919. The lowest BCUT2D eigenvalue weighted by Crippen LogP contribution is -1.86. The predicted octanol–water partition coefficient (Wildman–Crippen LogP) is 4.13. The Morgan fingerprint density at radius 3 is 2.25 bits per heavy atom. The second-order valence-corrected chi connectivity index (χ2v) is 2.76. The molecule has 1 heteroatoms. The molecule has 12 heavy (non-hydrogen) atoms. The van der Waals surface area contributed by atoms with Crippen LogP contribution in [0.3, 0.4) is 0 Å². The average molecular weight is 168 g/mol. The molecule has 0 fully saturated rings. The van der Waals surface area contributed by atoms with Crippen molar-refractivity contribution >= 4 is 0 Å². The maximum absolute atomic E-state index is 5.44. The quantitative estimate of drug-likeness (QED) is 0.647. The highest BCUT2D eigenvalue weighted by molar-refractivity contribution is 5.08. The first kappa shape index (κ1) is 11.3. The van der Waals surface area contributed by atoms with Crippen LogP contribution in [-0.2, 0) is 0 Å². The van der Waals surface area contributed by atoms with Crippen molar-refractivity contribution in [2.45, 2.75) is 47.0 Å². The third-order valence-corrected chi connectivity index (χ3v) is 1.86.